The molecule has 0 amide bonds. The van der Waals surface area contributed by atoms with E-state index in [0.29, 0.717) is 12.8 Å². The zero-order valence-corrected chi connectivity index (χ0v) is 11.8. The zero-order chi connectivity index (χ0) is 13.5. The summed E-state index contributed by atoms with van der Waals surface area (Å²) in [5.41, 5.74) is -0.267. The molecule has 0 N–H and O–H groups in total. The first-order valence-electron chi connectivity index (χ1n) is 6.50. The second-order valence-corrected chi connectivity index (χ2v) is 5.59. The highest BCUT2D eigenvalue weighted by atomic mass is 16.5. The van der Waals surface area contributed by atoms with Gasteiger partial charge in [-0.3, -0.25) is 9.59 Å². The fraction of sp³-hybridized carbons (Fsp3) is 0.857. The highest BCUT2D eigenvalue weighted by molar-refractivity contribution is 5.83. The van der Waals surface area contributed by atoms with Gasteiger partial charge in [0.2, 0.25) is 0 Å². The highest BCUT2D eigenvalue weighted by Crippen LogP contribution is 2.18. The van der Waals surface area contributed by atoms with Gasteiger partial charge in [0.25, 0.3) is 0 Å². The highest BCUT2D eigenvalue weighted by Gasteiger charge is 2.20. The fourth-order valence-electron chi connectivity index (χ4n) is 1.30. The Morgan fingerprint density at radius 1 is 1.12 bits per heavy atom. The number of hydrogen-bond acceptors (Lipinski definition) is 3. The lowest BCUT2D eigenvalue weighted by atomic mass is 9.88. The van der Waals surface area contributed by atoms with Crippen LogP contribution in [-0.4, -0.2) is 17.9 Å². The van der Waals surface area contributed by atoms with Gasteiger partial charge in [-0.15, -0.1) is 0 Å². The summed E-state index contributed by atoms with van der Waals surface area (Å²) in [7, 11) is 0. The molecule has 0 rings (SSSR count). The summed E-state index contributed by atoms with van der Waals surface area (Å²) in [6, 6.07) is 0. The maximum Gasteiger partial charge on any atom is 0.306 e. The van der Waals surface area contributed by atoms with E-state index in [9.17, 15) is 9.59 Å². The first-order valence-corrected chi connectivity index (χ1v) is 6.50. The SMILES string of the molecule is CCC(C)OC(=O)CCCCC(=O)C(C)(C)C. The topological polar surface area (TPSA) is 43.4 Å². The number of carbonyl (C=O) groups is 2. The van der Waals surface area contributed by atoms with E-state index < -0.39 is 0 Å². The van der Waals surface area contributed by atoms with Crippen molar-refractivity contribution >= 4 is 11.8 Å². The maximum atomic E-state index is 11.6. The second kappa shape index (κ2) is 7.46. The van der Waals surface area contributed by atoms with Crippen LogP contribution in [0.15, 0.2) is 0 Å². The van der Waals surface area contributed by atoms with Gasteiger partial charge in [-0.2, -0.15) is 0 Å². The van der Waals surface area contributed by atoms with Crippen molar-refractivity contribution < 1.29 is 14.3 Å². The number of hydrogen-bond donors (Lipinski definition) is 0. The molecule has 1 atom stereocenters. The number of esters is 1. The van der Waals surface area contributed by atoms with Gasteiger partial charge < -0.3 is 4.74 Å². The summed E-state index contributed by atoms with van der Waals surface area (Å²) in [4.78, 5) is 23.0. The van der Waals surface area contributed by atoms with Crippen LogP contribution < -0.4 is 0 Å². The average molecular weight is 242 g/mol. The van der Waals surface area contributed by atoms with E-state index in [4.69, 9.17) is 4.74 Å². The molecule has 0 aromatic carbocycles. The molecule has 0 spiro atoms. The van der Waals surface area contributed by atoms with Crippen LogP contribution in [0.5, 0.6) is 0 Å². The molecule has 0 bridgehead atoms. The maximum absolute atomic E-state index is 11.6. The van der Waals surface area contributed by atoms with Gasteiger partial charge >= 0.3 is 5.97 Å². The van der Waals surface area contributed by atoms with E-state index in [1.165, 1.54) is 0 Å². The van der Waals surface area contributed by atoms with Gasteiger partial charge in [0.1, 0.15) is 5.78 Å². The van der Waals surface area contributed by atoms with Crippen LogP contribution in [0.25, 0.3) is 0 Å². The molecule has 0 saturated carbocycles. The van der Waals surface area contributed by atoms with Gasteiger partial charge in [-0.25, -0.2) is 0 Å². The minimum absolute atomic E-state index is 0.00120. The Morgan fingerprint density at radius 2 is 1.65 bits per heavy atom. The van der Waals surface area contributed by atoms with E-state index in [2.05, 4.69) is 0 Å². The van der Waals surface area contributed by atoms with Gasteiger partial charge in [0.15, 0.2) is 0 Å². The van der Waals surface area contributed by atoms with Gasteiger partial charge in [0.05, 0.1) is 6.10 Å². The Hall–Kier alpha value is -0.860. The Kier molecular flexibility index (Phi) is 7.09. The Balaban J connectivity index is 3.65. The number of ether oxygens (including phenoxy) is 1. The molecule has 0 aromatic rings. The molecule has 0 heterocycles. The molecule has 3 heteroatoms. The lowest BCUT2D eigenvalue weighted by Crippen LogP contribution is -2.19. The van der Waals surface area contributed by atoms with Crippen molar-refractivity contribution in [1.82, 2.24) is 0 Å². The molecule has 0 aromatic heterocycles. The van der Waals surface area contributed by atoms with E-state index in [1.807, 2.05) is 34.6 Å². The zero-order valence-electron chi connectivity index (χ0n) is 11.8. The second-order valence-electron chi connectivity index (χ2n) is 5.59. The van der Waals surface area contributed by atoms with Crippen molar-refractivity contribution in [2.45, 2.75) is 72.8 Å². The number of rotatable bonds is 7. The summed E-state index contributed by atoms with van der Waals surface area (Å²) in [5, 5.41) is 0. The standard InChI is InChI=1S/C14H26O3/c1-6-11(2)17-13(16)10-8-7-9-12(15)14(3,4)5/h11H,6-10H2,1-5H3. The molecule has 0 fully saturated rings. The van der Waals surface area contributed by atoms with Crippen LogP contribution in [0.1, 0.15) is 66.7 Å². The Labute approximate surface area is 105 Å². The first kappa shape index (κ1) is 16.1. The molecule has 17 heavy (non-hydrogen) atoms. The number of carbonyl (C=O) groups excluding carboxylic acids is 2. The lowest BCUT2D eigenvalue weighted by Gasteiger charge is -2.16. The van der Waals surface area contributed by atoms with Crippen molar-refractivity contribution in [2.75, 3.05) is 0 Å². The molecular weight excluding hydrogens is 216 g/mol. The summed E-state index contributed by atoms with van der Waals surface area (Å²) in [5.74, 6) is 0.107. The van der Waals surface area contributed by atoms with Gasteiger partial charge in [0, 0.05) is 18.3 Å². The summed E-state index contributed by atoms with van der Waals surface area (Å²) in [6.07, 6.45) is 3.32. The van der Waals surface area contributed by atoms with Crippen molar-refractivity contribution in [1.29, 1.82) is 0 Å². The third kappa shape index (κ3) is 7.94. The van der Waals surface area contributed by atoms with Crippen LogP contribution in [-0.2, 0) is 14.3 Å². The van der Waals surface area contributed by atoms with Crippen LogP contribution in [0, 0.1) is 5.41 Å². The summed E-state index contributed by atoms with van der Waals surface area (Å²) >= 11 is 0. The molecular formula is C14H26O3. The van der Waals surface area contributed by atoms with E-state index in [0.717, 1.165) is 19.3 Å². The molecule has 3 nitrogen and oxygen atoms in total. The predicted octanol–water partition coefficient (Wildman–Crippen LogP) is 3.50. The quantitative estimate of drug-likeness (QED) is 0.507. The van der Waals surface area contributed by atoms with E-state index >= 15 is 0 Å². The third-order valence-corrected chi connectivity index (χ3v) is 2.78. The predicted molar refractivity (Wildman–Crippen MR) is 68.8 cm³/mol. The average Bonchev–Trinajstić information content (AvgIpc) is 2.22. The molecule has 0 saturated heterocycles. The smallest absolute Gasteiger partial charge is 0.306 e. The van der Waals surface area contributed by atoms with Crippen LogP contribution in [0.2, 0.25) is 0 Å². The molecule has 0 aliphatic heterocycles. The number of unbranched alkanes of at least 4 members (excludes halogenated alkanes) is 1. The van der Waals surface area contributed by atoms with Crippen molar-refractivity contribution in [2.24, 2.45) is 5.41 Å². The molecule has 1 unspecified atom stereocenters. The summed E-state index contributed by atoms with van der Waals surface area (Å²) in [6.45, 7) is 9.65. The van der Waals surface area contributed by atoms with Crippen LogP contribution >= 0.6 is 0 Å². The van der Waals surface area contributed by atoms with Crippen molar-refractivity contribution in [3.8, 4) is 0 Å². The van der Waals surface area contributed by atoms with Gasteiger partial charge in [-0.05, 0) is 26.2 Å². The Morgan fingerprint density at radius 3 is 2.12 bits per heavy atom. The van der Waals surface area contributed by atoms with Crippen LogP contribution in [0.4, 0.5) is 0 Å². The molecule has 0 aliphatic rings. The van der Waals surface area contributed by atoms with E-state index in [1.54, 1.807) is 0 Å². The number of ketones is 1. The van der Waals surface area contributed by atoms with Gasteiger partial charge in [-0.1, -0.05) is 27.7 Å². The third-order valence-electron chi connectivity index (χ3n) is 2.78. The van der Waals surface area contributed by atoms with Crippen LogP contribution in [0.3, 0.4) is 0 Å². The lowest BCUT2D eigenvalue weighted by molar-refractivity contribution is -0.148. The number of Topliss-reactive ketones (excluding diaryl/α,β-unsaturated/α-hetero) is 1. The van der Waals surface area contributed by atoms with E-state index in [-0.39, 0.29) is 23.3 Å². The molecule has 0 radical (unpaired) electrons. The minimum atomic E-state index is -0.267. The largest absolute Gasteiger partial charge is 0.463 e. The monoisotopic (exact) mass is 242 g/mol. The molecule has 0 aliphatic carbocycles. The molecule has 100 valence electrons. The minimum Gasteiger partial charge on any atom is -0.463 e. The Bertz CT molecular complexity index is 251. The normalized spacial score (nSPS) is 13.2. The summed E-state index contributed by atoms with van der Waals surface area (Å²) < 4.78 is 5.15. The van der Waals surface area contributed by atoms with Crippen molar-refractivity contribution in [3.05, 3.63) is 0 Å². The first-order chi connectivity index (χ1) is 7.77. The van der Waals surface area contributed by atoms with Crippen molar-refractivity contribution in [3.63, 3.8) is 0 Å². The fourth-order valence-corrected chi connectivity index (χ4v) is 1.30.